The topological polar surface area (TPSA) is 105 Å². The zero-order valence-electron chi connectivity index (χ0n) is 15.7. The number of fused-ring (bicyclic) bond motifs is 1. The number of imidazole rings is 1. The van der Waals surface area contributed by atoms with Crippen molar-refractivity contribution in [1.29, 1.82) is 0 Å². The molecule has 31 heavy (non-hydrogen) atoms. The lowest BCUT2D eigenvalue weighted by atomic mass is 10.2. The number of hydrogen-bond donors (Lipinski definition) is 3. The van der Waals surface area contributed by atoms with Crippen molar-refractivity contribution in [3.8, 4) is 23.0 Å². The molecule has 2 aromatic carbocycles. The van der Waals surface area contributed by atoms with E-state index in [9.17, 15) is 18.0 Å². The predicted molar refractivity (Wildman–Crippen MR) is 106 cm³/mol. The Labute approximate surface area is 177 Å². The van der Waals surface area contributed by atoms with Gasteiger partial charge in [-0.15, -0.1) is 13.2 Å². The SMILES string of the molecule is COc1ccc(C(=O)Nc2cc(-c3nc4ccc(OC(F)(F)F)cc4[nH]3)[nH]n2)cc1Cl. The van der Waals surface area contributed by atoms with E-state index in [1.807, 2.05) is 0 Å². The van der Waals surface area contributed by atoms with Gasteiger partial charge in [-0.2, -0.15) is 5.10 Å². The average molecular weight is 452 g/mol. The summed E-state index contributed by atoms with van der Waals surface area (Å²) in [5, 5.41) is 9.61. The number of halogens is 4. The molecule has 4 rings (SSSR count). The summed E-state index contributed by atoms with van der Waals surface area (Å²) in [6.07, 6.45) is -4.79. The molecule has 8 nitrogen and oxygen atoms in total. The number of aromatic nitrogens is 4. The number of alkyl halides is 3. The van der Waals surface area contributed by atoms with E-state index in [1.54, 1.807) is 12.1 Å². The summed E-state index contributed by atoms with van der Waals surface area (Å²) in [5.41, 5.74) is 1.48. The molecule has 4 aromatic rings. The van der Waals surface area contributed by atoms with Crippen LogP contribution in [0, 0.1) is 0 Å². The van der Waals surface area contributed by atoms with Gasteiger partial charge in [0.1, 0.15) is 17.2 Å². The van der Waals surface area contributed by atoms with Crippen LogP contribution in [0.1, 0.15) is 10.4 Å². The van der Waals surface area contributed by atoms with Crippen LogP contribution in [0.5, 0.6) is 11.5 Å². The van der Waals surface area contributed by atoms with Gasteiger partial charge in [0.2, 0.25) is 0 Å². The Morgan fingerprint density at radius 1 is 1.16 bits per heavy atom. The summed E-state index contributed by atoms with van der Waals surface area (Å²) in [5.74, 6) is 0.161. The van der Waals surface area contributed by atoms with Crippen LogP contribution in [0.25, 0.3) is 22.6 Å². The Kier molecular flexibility index (Phi) is 5.19. The maximum Gasteiger partial charge on any atom is 0.573 e. The van der Waals surface area contributed by atoms with Crippen LogP contribution in [0.15, 0.2) is 42.5 Å². The first-order valence-electron chi connectivity index (χ1n) is 8.68. The number of rotatable bonds is 5. The Morgan fingerprint density at radius 2 is 1.97 bits per heavy atom. The number of nitrogens with zero attached hydrogens (tertiary/aromatic N) is 2. The van der Waals surface area contributed by atoms with E-state index in [0.29, 0.717) is 33.9 Å². The Balaban J connectivity index is 1.52. The number of ether oxygens (including phenoxy) is 2. The van der Waals surface area contributed by atoms with Gasteiger partial charge in [-0.25, -0.2) is 4.98 Å². The van der Waals surface area contributed by atoms with E-state index < -0.39 is 12.3 Å². The summed E-state index contributed by atoms with van der Waals surface area (Å²) in [7, 11) is 1.47. The van der Waals surface area contributed by atoms with Gasteiger partial charge in [-0.1, -0.05) is 11.6 Å². The largest absolute Gasteiger partial charge is 0.573 e. The molecule has 0 saturated carbocycles. The van der Waals surface area contributed by atoms with Crippen LogP contribution in [0.2, 0.25) is 5.02 Å². The Morgan fingerprint density at radius 3 is 2.68 bits per heavy atom. The molecular formula is C19H13ClF3N5O3. The van der Waals surface area contributed by atoms with Gasteiger partial charge in [0.25, 0.3) is 5.91 Å². The molecule has 12 heteroatoms. The van der Waals surface area contributed by atoms with Gasteiger partial charge < -0.3 is 19.8 Å². The fourth-order valence-corrected chi connectivity index (χ4v) is 3.07. The number of hydrogen-bond acceptors (Lipinski definition) is 5. The first-order chi connectivity index (χ1) is 14.7. The van der Waals surface area contributed by atoms with Gasteiger partial charge in [-0.3, -0.25) is 9.89 Å². The molecule has 0 bridgehead atoms. The first-order valence-corrected chi connectivity index (χ1v) is 9.06. The lowest BCUT2D eigenvalue weighted by Crippen LogP contribution is -2.16. The van der Waals surface area contributed by atoms with E-state index >= 15 is 0 Å². The van der Waals surface area contributed by atoms with Gasteiger partial charge in [0.05, 0.1) is 23.2 Å². The molecule has 0 radical (unpaired) electrons. The molecule has 2 heterocycles. The fourth-order valence-electron chi connectivity index (χ4n) is 2.82. The van der Waals surface area contributed by atoms with Crippen molar-refractivity contribution in [2.75, 3.05) is 12.4 Å². The normalized spacial score (nSPS) is 11.5. The van der Waals surface area contributed by atoms with Crippen molar-refractivity contribution >= 4 is 34.4 Å². The van der Waals surface area contributed by atoms with Crippen molar-refractivity contribution in [2.45, 2.75) is 6.36 Å². The molecule has 3 N–H and O–H groups in total. The Hall–Kier alpha value is -3.73. The minimum absolute atomic E-state index is 0.216. The van der Waals surface area contributed by atoms with Gasteiger partial charge in [-0.05, 0) is 30.3 Å². The maximum atomic E-state index is 12.4. The number of carbonyl (C=O) groups excluding carboxylic acids is 1. The van der Waals surface area contributed by atoms with Crippen LogP contribution >= 0.6 is 11.6 Å². The molecule has 0 aliphatic carbocycles. The molecule has 0 unspecified atom stereocenters. The number of benzene rings is 2. The highest BCUT2D eigenvalue weighted by Crippen LogP contribution is 2.28. The summed E-state index contributed by atoms with van der Waals surface area (Å²) in [4.78, 5) is 19.6. The van der Waals surface area contributed by atoms with E-state index in [1.165, 1.54) is 37.4 Å². The molecule has 0 aliphatic heterocycles. The van der Waals surface area contributed by atoms with Gasteiger partial charge in [0, 0.05) is 17.7 Å². The molecule has 2 aromatic heterocycles. The van der Waals surface area contributed by atoms with Crippen LogP contribution in [0.4, 0.5) is 19.0 Å². The minimum atomic E-state index is -4.79. The second-order valence-corrected chi connectivity index (χ2v) is 6.69. The lowest BCUT2D eigenvalue weighted by molar-refractivity contribution is -0.274. The predicted octanol–water partition coefficient (Wildman–Crippen LogP) is 4.77. The molecule has 0 fully saturated rings. The molecule has 160 valence electrons. The number of nitrogens with one attached hydrogen (secondary N) is 3. The number of aromatic amines is 2. The number of carbonyl (C=O) groups is 1. The summed E-state index contributed by atoms with van der Waals surface area (Å²) in [6, 6.07) is 9.84. The molecule has 0 spiro atoms. The summed E-state index contributed by atoms with van der Waals surface area (Å²) in [6.45, 7) is 0. The molecular weight excluding hydrogens is 439 g/mol. The van der Waals surface area contributed by atoms with Gasteiger partial charge in [0.15, 0.2) is 11.6 Å². The number of anilines is 1. The van der Waals surface area contributed by atoms with Crippen molar-refractivity contribution in [3.63, 3.8) is 0 Å². The molecule has 0 saturated heterocycles. The lowest BCUT2D eigenvalue weighted by Gasteiger charge is -2.07. The second-order valence-electron chi connectivity index (χ2n) is 6.28. The third-order valence-electron chi connectivity index (χ3n) is 4.18. The van der Waals surface area contributed by atoms with Crippen molar-refractivity contribution in [1.82, 2.24) is 20.2 Å². The van der Waals surface area contributed by atoms with Crippen LogP contribution < -0.4 is 14.8 Å². The molecule has 1 amide bonds. The van der Waals surface area contributed by atoms with Crippen molar-refractivity contribution in [2.24, 2.45) is 0 Å². The maximum absolute atomic E-state index is 12.4. The van der Waals surface area contributed by atoms with E-state index in [0.717, 1.165) is 0 Å². The number of amides is 1. The van der Waals surface area contributed by atoms with Crippen molar-refractivity contribution < 1.29 is 27.4 Å². The van der Waals surface area contributed by atoms with Crippen LogP contribution in [-0.2, 0) is 0 Å². The third-order valence-corrected chi connectivity index (χ3v) is 4.47. The van der Waals surface area contributed by atoms with E-state index in [4.69, 9.17) is 16.3 Å². The summed E-state index contributed by atoms with van der Waals surface area (Å²) >= 11 is 6.04. The monoisotopic (exact) mass is 451 g/mol. The zero-order chi connectivity index (χ0) is 22.2. The first kappa shape index (κ1) is 20.5. The third kappa shape index (κ3) is 4.56. The van der Waals surface area contributed by atoms with Gasteiger partial charge >= 0.3 is 6.36 Å². The highest BCUT2D eigenvalue weighted by Gasteiger charge is 2.31. The minimum Gasteiger partial charge on any atom is -0.495 e. The summed E-state index contributed by atoms with van der Waals surface area (Å²) < 4.78 is 46.1. The highest BCUT2D eigenvalue weighted by atomic mass is 35.5. The number of methoxy groups -OCH3 is 1. The van der Waals surface area contributed by atoms with E-state index in [-0.39, 0.29) is 16.6 Å². The Bertz CT molecular complexity index is 1270. The fraction of sp³-hybridized carbons (Fsp3) is 0.105. The second kappa shape index (κ2) is 7.84. The standard InChI is InChI=1S/C19H13ClF3N5O3/c1-30-15-5-2-9(6-11(15)20)18(29)26-16-8-14(27-28-16)17-24-12-4-3-10(7-13(12)25-17)31-19(21,22)23/h2-8H,1H3,(H,24,25)(H2,26,27,28,29). The number of H-pyrrole nitrogens is 2. The van der Waals surface area contributed by atoms with Crippen LogP contribution in [-0.4, -0.2) is 39.5 Å². The molecule has 0 aliphatic rings. The van der Waals surface area contributed by atoms with Crippen molar-refractivity contribution in [3.05, 3.63) is 53.1 Å². The smallest absolute Gasteiger partial charge is 0.495 e. The highest BCUT2D eigenvalue weighted by molar-refractivity contribution is 6.32. The zero-order valence-corrected chi connectivity index (χ0v) is 16.4. The van der Waals surface area contributed by atoms with Crippen LogP contribution in [0.3, 0.4) is 0 Å². The molecule has 0 atom stereocenters. The van der Waals surface area contributed by atoms with E-state index in [2.05, 4.69) is 30.2 Å². The average Bonchev–Trinajstić information content (AvgIpc) is 3.33. The quantitative estimate of drug-likeness (QED) is 0.405.